The lowest BCUT2D eigenvalue weighted by Crippen LogP contribution is -2.35. The fourth-order valence-electron chi connectivity index (χ4n) is 3.31. The minimum absolute atomic E-state index is 0.216. The van der Waals surface area contributed by atoms with E-state index < -0.39 is 10.0 Å². The first-order valence-electron chi connectivity index (χ1n) is 8.65. The van der Waals surface area contributed by atoms with E-state index in [1.165, 1.54) is 10.4 Å². The molecule has 2 aromatic carbocycles. The van der Waals surface area contributed by atoms with E-state index in [1.54, 1.807) is 18.2 Å². The maximum absolute atomic E-state index is 12.8. The monoisotopic (exact) mass is 369 g/mol. The van der Waals surface area contributed by atoms with Gasteiger partial charge in [0, 0.05) is 18.7 Å². The molecule has 0 aliphatic carbocycles. The van der Waals surface area contributed by atoms with Crippen LogP contribution in [0.4, 0.5) is 11.4 Å². The molecule has 2 heterocycles. The SMILES string of the molecule is O=C1Nc2ccccc2C1=Nc1cccc(S(=O)(=O)N2CCCCC2)c1. The second kappa shape index (κ2) is 6.66. The molecular formula is C19H19N3O3S. The molecule has 7 heteroatoms. The van der Waals surface area contributed by atoms with Crippen LogP contribution in [-0.4, -0.2) is 37.4 Å². The Morgan fingerprint density at radius 2 is 1.73 bits per heavy atom. The maximum atomic E-state index is 12.8. The van der Waals surface area contributed by atoms with Crippen molar-refractivity contribution in [3.05, 3.63) is 54.1 Å². The summed E-state index contributed by atoms with van der Waals surface area (Å²) in [6.45, 7) is 1.10. The van der Waals surface area contributed by atoms with Crippen LogP contribution >= 0.6 is 0 Å². The van der Waals surface area contributed by atoms with E-state index in [2.05, 4.69) is 10.3 Å². The third-order valence-corrected chi connectivity index (χ3v) is 6.55. The second-order valence-corrected chi connectivity index (χ2v) is 8.36. The van der Waals surface area contributed by atoms with Crippen LogP contribution in [0.1, 0.15) is 24.8 Å². The van der Waals surface area contributed by atoms with Crippen LogP contribution in [0, 0.1) is 0 Å². The Labute approximate surface area is 152 Å². The van der Waals surface area contributed by atoms with E-state index in [0.29, 0.717) is 30.2 Å². The van der Waals surface area contributed by atoms with E-state index in [4.69, 9.17) is 0 Å². The molecule has 0 aromatic heterocycles. The Bertz CT molecular complexity index is 993. The van der Waals surface area contributed by atoms with Gasteiger partial charge in [0.2, 0.25) is 10.0 Å². The fraction of sp³-hybridized carbons (Fsp3) is 0.263. The molecule has 6 nitrogen and oxygen atoms in total. The van der Waals surface area contributed by atoms with Gasteiger partial charge in [0.05, 0.1) is 16.3 Å². The van der Waals surface area contributed by atoms with E-state index in [0.717, 1.165) is 24.8 Å². The van der Waals surface area contributed by atoms with Crippen molar-refractivity contribution < 1.29 is 13.2 Å². The van der Waals surface area contributed by atoms with E-state index in [9.17, 15) is 13.2 Å². The van der Waals surface area contributed by atoms with Gasteiger partial charge < -0.3 is 5.32 Å². The van der Waals surface area contributed by atoms with Crippen LogP contribution in [0.15, 0.2) is 58.4 Å². The molecule has 0 radical (unpaired) electrons. The number of amides is 1. The molecule has 0 unspecified atom stereocenters. The number of hydrogen-bond donors (Lipinski definition) is 1. The largest absolute Gasteiger partial charge is 0.320 e. The predicted octanol–water partition coefficient (Wildman–Crippen LogP) is 2.93. The molecule has 2 aliphatic heterocycles. The highest BCUT2D eigenvalue weighted by Crippen LogP contribution is 2.27. The summed E-state index contributed by atoms with van der Waals surface area (Å²) in [7, 11) is -3.53. The number of para-hydroxylation sites is 1. The molecule has 1 N–H and O–H groups in total. The van der Waals surface area contributed by atoms with Crippen LogP contribution in [-0.2, 0) is 14.8 Å². The van der Waals surface area contributed by atoms with Crippen LogP contribution in [0.3, 0.4) is 0 Å². The second-order valence-electron chi connectivity index (χ2n) is 6.42. The van der Waals surface area contributed by atoms with Crippen molar-refractivity contribution in [2.45, 2.75) is 24.2 Å². The highest BCUT2D eigenvalue weighted by molar-refractivity contribution is 7.89. The van der Waals surface area contributed by atoms with Gasteiger partial charge in [-0.1, -0.05) is 30.7 Å². The molecule has 1 amide bonds. The summed E-state index contributed by atoms with van der Waals surface area (Å²) in [5, 5.41) is 2.77. The Morgan fingerprint density at radius 3 is 2.54 bits per heavy atom. The maximum Gasteiger partial charge on any atom is 0.275 e. The highest BCUT2D eigenvalue weighted by Gasteiger charge is 2.27. The molecule has 0 spiro atoms. The fourth-order valence-corrected chi connectivity index (χ4v) is 4.87. The summed E-state index contributed by atoms with van der Waals surface area (Å²) in [6, 6.07) is 13.8. The molecule has 1 fully saturated rings. The molecule has 26 heavy (non-hydrogen) atoms. The summed E-state index contributed by atoms with van der Waals surface area (Å²) < 4.78 is 27.2. The van der Waals surface area contributed by atoms with Gasteiger partial charge >= 0.3 is 0 Å². The average Bonchev–Trinajstić information content (AvgIpc) is 2.98. The van der Waals surface area contributed by atoms with Crippen LogP contribution in [0.5, 0.6) is 0 Å². The van der Waals surface area contributed by atoms with Crippen LogP contribution in [0.25, 0.3) is 0 Å². The number of sulfonamides is 1. The molecule has 0 saturated carbocycles. The van der Waals surface area contributed by atoms with Crippen molar-refractivity contribution >= 4 is 33.0 Å². The molecular weight excluding hydrogens is 350 g/mol. The minimum Gasteiger partial charge on any atom is -0.320 e. The number of nitrogens with zero attached hydrogens (tertiary/aromatic N) is 2. The standard InChI is InChI=1S/C19H19N3O3S/c23-19-18(16-9-2-3-10-17(16)21-19)20-14-7-6-8-15(13-14)26(24,25)22-11-4-1-5-12-22/h2-3,6-10,13H,1,4-5,11-12H2,(H,20,21,23). The van der Waals surface area contributed by atoms with Gasteiger partial charge in [-0.3, -0.25) is 4.79 Å². The Balaban J connectivity index is 1.70. The number of aliphatic imine (C=N–C) groups is 1. The lowest BCUT2D eigenvalue weighted by Gasteiger charge is -2.25. The molecule has 134 valence electrons. The average molecular weight is 369 g/mol. The number of nitrogens with one attached hydrogen (secondary N) is 1. The van der Waals surface area contributed by atoms with Crippen molar-refractivity contribution in [1.82, 2.24) is 4.31 Å². The molecule has 0 bridgehead atoms. The summed E-state index contributed by atoms with van der Waals surface area (Å²) in [4.78, 5) is 16.8. The number of piperidine rings is 1. The lowest BCUT2D eigenvalue weighted by molar-refractivity contribution is -0.110. The van der Waals surface area contributed by atoms with Gasteiger partial charge in [0.1, 0.15) is 5.71 Å². The third kappa shape index (κ3) is 3.04. The number of carbonyl (C=O) groups is 1. The van der Waals surface area contributed by atoms with Crippen molar-refractivity contribution in [2.24, 2.45) is 4.99 Å². The molecule has 2 aromatic rings. The zero-order chi connectivity index (χ0) is 18.1. The summed E-state index contributed by atoms with van der Waals surface area (Å²) in [5.74, 6) is -0.282. The van der Waals surface area contributed by atoms with Gasteiger partial charge in [0.15, 0.2) is 0 Å². The Hall–Kier alpha value is -2.51. The van der Waals surface area contributed by atoms with E-state index in [1.807, 2.05) is 24.3 Å². The number of hydrogen-bond acceptors (Lipinski definition) is 4. The summed E-state index contributed by atoms with van der Waals surface area (Å²) in [5.41, 5.74) is 2.19. The lowest BCUT2D eigenvalue weighted by atomic mass is 10.1. The predicted molar refractivity (Wildman–Crippen MR) is 100 cm³/mol. The van der Waals surface area contributed by atoms with Gasteiger partial charge in [-0.15, -0.1) is 0 Å². The Morgan fingerprint density at radius 1 is 0.962 bits per heavy atom. The van der Waals surface area contributed by atoms with Gasteiger partial charge in [0.25, 0.3) is 5.91 Å². The molecule has 4 rings (SSSR count). The first kappa shape index (κ1) is 16.9. The zero-order valence-corrected chi connectivity index (χ0v) is 15.0. The number of rotatable bonds is 3. The van der Waals surface area contributed by atoms with Gasteiger partial charge in [-0.25, -0.2) is 13.4 Å². The molecule has 1 saturated heterocycles. The van der Waals surface area contributed by atoms with Crippen LogP contribution < -0.4 is 5.32 Å². The summed E-state index contributed by atoms with van der Waals surface area (Å²) >= 11 is 0. The number of anilines is 1. The highest BCUT2D eigenvalue weighted by atomic mass is 32.2. The van der Waals surface area contributed by atoms with E-state index in [-0.39, 0.29) is 10.8 Å². The van der Waals surface area contributed by atoms with Crippen molar-refractivity contribution in [3.8, 4) is 0 Å². The topological polar surface area (TPSA) is 78.8 Å². The normalized spacial score (nSPS) is 19.4. The van der Waals surface area contributed by atoms with Crippen LogP contribution in [0.2, 0.25) is 0 Å². The zero-order valence-electron chi connectivity index (χ0n) is 14.2. The molecule has 2 aliphatic rings. The number of carbonyl (C=O) groups excluding carboxylic acids is 1. The Kier molecular flexibility index (Phi) is 4.34. The molecule has 0 atom stereocenters. The number of fused-ring (bicyclic) bond motifs is 1. The van der Waals surface area contributed by atoms with Crippen molar-refractivity contribution in [1.29, 1.82) is 0 Å². The first-order chi connectivity index (χ1) is 12.6. The van der Waals surface area contributed by atoms with Gasteiger partial charge in [-0.2, -0.15) is 4.31 Å². The third-order valence-electron chi connectivity index (χ3n) is 4.66. The quantitative estimate of drug-likeness (QED) is 0.903. The first-order valence-corrected chi connectivity index (χ1v) is 10.1. The van der Waals surface area contributed by atoms with Gasteiger partial charge in [-0.05, 0) is 37.1 Å². The number of benzene rings is 2. The van der Waals surface area contributed by atoms with E-state index >= 15 is 0 Å². The minimum atomic E-state index is -3.53. The smallest absolute Gasteiger partial charge is 0.275 e. The summed E-state index contributed by atoms with van der Waals surface area (Å²) in [6.07, 6.45) is 2.84. The van der Waals surface area contributed by atoms with Crippen molar-refractivity contribution in [3.63, 3.8) is 0 Å². The van der Waals surface area contributed by atoms with Crippen molar-refractivity contribution in [2.75, 3.05) is 18.4 Å².